The summed E-state index contributed by atoms with van der Waals surface area (Å²) in [6, 6.07) is 6.62. The van der Waals surface area contributed by atoms with Gasteiger partial charge in [0, 0.05) is 6.54 Å². The lowest BCUT2D eigenvalue weighted by atomic mass is 9.49. The summed E-state index contributed by atoms with van der Waals surface area (Å²) in [7, 11) is 0. The van der Waals surface area contributed by atoms with Crippen molar-refractivity contribution in [2.75, 3.05) is 11.9 Å². The van der Waals surface area contributed by atoms with Gasteiger partial charge in [-0.1, -0.05) is 12.1 Å². The third-order valence-corrected chi connectivity index (χ3v) is 5.94. The topological polar surface area (TPSA) is 61.4 Å². The molecule has 0 saturated heterocycles. The Bertz CT molecular complexity index is 549. The Hall–Kier alpha value is -1.71. The molecule has 4 heteroatoms. The van der Waals surface area contributed by atoms with Gasteiger partial charge in [0.2, 0.25) is 0 Å². The number of anilines is 1. The first-order valence-corrected chi connectivity index (χ1v) is 8.45. The Morgan fingerprint density at radius 1 is 1.09 bits per heavy atom. The summed E-state index contributed by atoms with van der Waals surface area (Å²) >= 11 is 0. The van der Waals surface area contributed by atoms with E-state index in [-0.39, 0.29) is 11.8 Å². The zero-order chi connectivity index (χ0) is 15.2. The van der Waals surface area contributed by atoms with Crippen molar-refractivity contribution in [3.63, 3.8) is 0 Å². The highest BCUT2D eigenvalue weighted by Crippen LogP contribution is 2.59. The Kier molecular flexibility index (Phi) is 3.28. The molecular weight excluding hydrogens is 276 g/mol. The summed E-state index contributed by atoms with van der Waals surface area (Å²) in [4.78, 5) is 12.1. The van der Waals surface area contributed by atoms with E-state index in [1.807, 2.05) is 0 Å². The Morgan fingerprint density at radius 2 is 1.68 bits per heavy atom. The molecule has 5 rings (SSSR count). The van der Waals surface area contributed by atoms with Crippen LogP contribution in [0.2, 0.25) is 0 Å². The van der Waals surface area contributed by atoms with E-state index >= 15 is 0 Å². The van der Waals surface area contributed by atoms with Gasteiger partial charge in [0.1, 0.15) is 5.75 Å². The van der Waals surface area contributed by atoms with Crippen LogP contribution >= 0.6 is 0 Å². The number of hydrogen-bond acceptors (Lipinski definition) is 2. The number of phenols is 1. The van der Waals surface area contributed by atoms with Crippen LogP contribution in [0.3, 0.4) is 0 Å². The van der Waals surface area contributed by atoms with Gasteiger partial charge in [-0.15, -0.1) is 0 Å². The summed E-state index contributed by atoms with van der Waals surface area (Å²) < 4.78 is 0. The maximum atomic E-state index is 12.1. The molecule has 118 valence electrons. The first-order valence-electron chi connectivity index (χ1n) is 8.45. The van der Waals surface area contributed by atoms with E-state index in [2.05, 4.69) is 10.6 Å². The molecule has 4 aliphatic rings. The number of para-hydroxylation sites is 2. The number of aromatic hydroxyl groups is 1. The van der Waals surface area contributed by atoms with Crippen molar-refractivity contribution in [3.8, 4) is 5.75 Å². The number of carbonyl (C=O) groups is 1. The van der Waals surface area contributed by atoms with Crippen LogP contribution in [-0.4, -0.2) is 17.7 Å². The highest BCUT2D eigenvalue weighted by atomic mass is 16.3. The first kappa shape index (κ1) is 13.9. The second-order valence-electron chi connectivity index (χ2n) is 7.74. The van der Waals surface area contributed by atoms with Gasteiger partial charge in [-0.3, -0.25) is 0 Å². The average Bonchev–Trinajstić information content (AvgIpc) is 2.46. The fourth-order valence-corrected chi connectivity index (χ4v) is 5.52. The maximum Gasteiger partial charge on any atom is 0.319 e. The molecule has 4 fully saturated rings. The SMILES string of the molecule is O=C(NCC12CC3CC(CC(C3)C1)C2)Nc1ccccc1O. The number of hydrogen-bond donors (Lipinski definition) is 3. The van der Waals surface area contributed by atoms with Crippen LogP contribution in [0.25, 0.3) is 0 Å². The van der Waals surface area contributed by atoms with Crippen molar-refractivity contribution >= 4 is 11.7 Å². The van der Waals surface area contributed by atoms with E-state index in [4.69, 9.17) is 0 Å². The quantitative estimate of drug-likeness (QED) is 0.745. The van der Waals surface area contributed by atoms with Crippen molar-refractivity contribution in [3.05, 3.63) is 24.3 Å². The first-order chi connectivity index (χ1) is 10.6. The van der Waals surface area contributed by atoms with E-state index in [0.29, 0.717) is 11.1 Å². The smallest absolute Gasteiger partial charge is 0.319 e. The lowest BCUT2D eigenvalue weighted by Crippen LogP contribution is -2.51. The number of amides is 2. The maximum absolute atomic E-state index is 12.1. The molecule has 4 aliphatic carbocycles. The minimum atomic E-state index is -0.211. The molecule has 2 amide bonds. The molecule has 0 atom stereocenters. The molecule has 1 aromatic rings. The molecule has 4 bridgehead atoms. The Balaban J connectivity index is 1.37. The summed E-state index contributed by atoms with van der Waals surface area (Å²) in [5.74, 6) is 2.80. The number of nitrogens with one attached hydrogen (secondary N) is 2. The molecule has 0 aromatic heterocycles. The standard InChI is InChI=1S/C18H24N2O2/c21-16-4-2-1-3-15(16)20-17(22)19-11-18-8-12-5-13(9-18)7-14(6-12)10-18/h1-4,12-14,21H,5-11H2,(H2,19,20,22). The molecule has 3 N–H and O–H groups in total. The number of phenolic OH excluding ortho intramolecular Hbond substituents is 1. The molecular formula is C18H24N2O2. The summed E-state index contributed by atoms with van der Waals surface area (Å²) in [5, 5.41) is 15.5. The van der Waals surface area contributed by atoms with Crippen molar-refractivity contribution in [2.45, 2.75) is 38.5 Å². The lowest BCUT2D eigenvalue weighted by molar-refractivity contribution is -0.0496. The van der Waals surface area contributed by atoms with Crippen molar-refractivity contribution in [1.29, 1.82) is 0 Å². The normalized spacial score (nSPS) is 35.4. The number of carbonyl (C=O) groups excluding carboxylic acids is 1. The highest BCUT2D eigenvalue weighted by molar-refractivity contribution is 5.90. The molecule has 22 heavy (non-hydrogen) atoms. The largest absolute Gasteiger partial charge is 0.506 e. The monoisotopic (exact) mass is 300 g/mol. The van der Waals surface area contributed by atoms with Gasteiger partial charge in [0.15, 0.2) is 0 Å². The number of urea groups is 1. The van der Waals surface area contributed by atoms with Crippen LogP contribution in [-0.2, 0) is 0 Å². The minimum Gasteiger partial charge on any atom is -0.506 e. The van der Waals surface area contributed by atoms with E-state index in [1.54, 1.807) is 24.3 Å². The van der Waals surface area contributed by atoms with Crippen LogP contribution in [0.4, 0.5) is 10.5 Å². The number of rotatable bonds is 3. The molecule has 1 aromatic carbocycles. The van der Waals surface area contributed by atoms with Gasteiger partial charge in [-0.2, -0.15) is 0 Å². The zero-order valence-corrected chi connectivity index (χ0v) is 12.8. The average molecular weight is 300 g/mol. The predicted octanol–water partition coefficient (Wildman–Crippen LogP) is 3.73. The summed E-state index contributed by atoms with van der Waals surface area (Å²) in [5.41, 5.74) is 0.802. The minimum absolute atomic E-state index is 0.104. The van der Waals surface area contributed by atoms with Gasteiger partial charge >= 0.3 is 6.03 Å². The van der Waals surface area contributed by atoms with E-state index in [1.165, 1.54) is 38.5 Å². The van der Waals surface area contributed by atoms with E-state index in [9.17, 15) is 9.90 Å². The van der Waals surface area contributed by atoms with Crippen molar-refractivity contribution < 1.29 is 9.90 Å². The number of benzene rings is 1. The zero-order valence-electron chi connectivity index (χ0n) is 12.8. The van der Waals surface area contributed by atoms with E-state index in [0.717, 1.165) is 24.3 Å². The van der Waals surface area contributed by atoms with Gasteiger partial charge in [-0.25, -0.2) is 4.79 Å². The van der Waals surface area contributed by atoms with E-state index < -0.39 is 0 Å². The third-order valence-electron chi connectivity index (χ3n) is 5.94. The van der Waals surface area contributed by atoms with Gasteiger partial charge < -0.3 is 15.7 Å². The predicted molar refractivity (Wildman–Crippen MR) is 85.7 cm³/mol. The second kappa shape index (κ2) is 5.18. The third kappa shape index (κ3) is 2.55. The van der Waals surface area contributed by atoms with Gasteiger partial charge in [0.25, 0.3) is 0 Å². The summed E-state index contributed by atoms with van der Waals surface area (Å²) in [6.45, 7) is 0.774. The summed E-state index contributed by atoms with van der Waals surface area (Å²) in [6.07, 6.45) is 8.12. The second-order valence-corrected chi connectivity index (χ2v) is 7.74. The molecule has 4 nitrogen and oxygen atoms in total. The molecule has 4 saturated carbocycles. The van der Waals surface area contributed by atoms with Crippen LogP contribution in [0.15, 0.2) is 24.3 Å². The molecule has 0 heterocycles. The molecule has 0 aliphatic heterocycles. The molecule has 0 unspecified atom stereocenters. The Labute approximate surface area is 131 Å². The van der Waals surface area contributed by atoms with Crippen LogP contribution in [0.5, 0.6) is 5.75 Å². The van der Waals surface area contributed by atoms with Crippen LogP contribution in [0, 0.1) is 23.2 Å². The highest BCUT2D eigenvalue weighted by Gasteiger charge is 2.50. The van der Waals surface area contributed by atoms with Gasteiger partial charge in [-0.05, 0) is 73.8 Å². The van der Waals surface area contributed by atoms with Crippen LogP contribution in [0.1, 0.15) is 38.5 Å². The molecule has 0 spiro atoms. The van der Waals surface area contributed by atoms with Crippen LogP contribution < -0.4 is 10.6 Å². The fraction of sp³-hybridized carbons (Fsp3) is 0.611. The van der Waals surface area contributed by atoms with Crippen molar-refractivity contribution in [1.82, 2.24) is 5.32 Å². The molecule has 0 radical (unpaired) electrons. The lowest BCUT2D eigenvalue weighted by Gasteiger charge is -2.56. The van der Waals surface area contributed by atoms with Crippen molar-refractivity contribution in [2.24, 2.45) is 23.2 Å². The fourth-order valence-electron chi connectivity index (χ4n) is 5.52. The van der Waals surface area contributed by atoms with Gasteiger partial charge in [0.05, 0.1) is 5.69 Å². The Morgan fingerprint density at radius 3 is 2.27 bits per heavy atom.